The molecule has 0 bridgehead atoms. The number of hydrogen-bond donors (Lipinski definition) is 0. The van der Waals surface area contributed by atoms with E-state index in [4.69, 9.17) is 14.2 Å². The van der Waals surface area contributed by atoms with E-state index in [1.54, 1.807) is 4.90 Å². The molecule has 1 amide bonds. The summed E-state index contributed by atoms with van der Waals surface area (Å²) in [4.78, 5) is 26.1. The average Bonchev–Trinajstić information content (AvgIpc) is 2.70. The number of amides is 1. The highest BCUT2D eigenvalue weighted by molar-refractivity contribution is 6.00. The molecular formula is C19H26N2O6. The number of likely N-dealkylation sites (tertiary alicyclic amines) is 1. The third-order valence-corrected chi connectivity index (χ3v) is 5.80. The SMILES string of the molecule is COc1cc(C(=O)N2CC[C@H]3CCCC[C@H]3C2)c([N+](=O)[O-])c(OC)c1OC. The Balaban J connectivity index is 1.99. The third-order valence-electron chi connectivity index (χ3n) is 5.80. The van der Waals surface area contributed by atoms with Crippen LogP contribution in [0.4, 0.5) is 5.69 Å². The van der Waals surface area contributed by atoms with Crippen LogP contribution in [0.5, 0.6) is 17.2 Å². The lowest BCUT2D eigenvalue weighted by molar-refractivity contribution is -0.386. The van der Waals surface area contributed by atoms with Crippen LogP contribution in [0.1, 0.15) is 42.5 Å². The molecule has 0 radical (unpaired) electrons. The topological polar surface area (TPSA) is 91.1 Å². The Morgan fingerprint density at radius 3 is 2.33 bits per heavy atom. The zero-order chi connectivity index (χ0) is 19.6. The van der Waals surface area contributed by atoms with E-state index in [2.05, 4.69) is 0 Å². The van der Waals surface area contributed by atoms with E-state index in [0.717, 1.165) is 12.8 Å². The van der Waals surface area contributed by atoms with Gasteiger partial charge in [-0.25, -0.2) is 0 Å². The van der Waals surface area contributed by atoms with Crippen LogP contribution in [0.25, 0.3) is 0 Å². The molecule has 1 saturated carbocycles. The summed E-state index contributed by atoms with van der Waals surface area (Å²) in [5, 5.41) is 11.7. The number of benzene rings is 1. The van der Waals surface area contributed by atoms with Gasteiger partial charge in [0.05, 0.1) is 26.3 Å². The van der Waals surface area contributed by atoms with Crippen molar-refractivity contribution in [1.82, 2.24) is 4.90 Å². The highest BCUT2D eigenvalue weighted by Gasteiger charge is 2.38. The van der Waals surface area contributed by atoms with Crippen LogP contribution in [0, 0.1) is 22.0 Å². The second-order valence-electron chi connectivity index (χ2n) is 7.14. The largest absolute Gasteiger partial charge is 0.493 e. The van der Waals surface area contributed by atoms with Gasteiger partial charge in [-0.2, -0.15) is 0 Å². The maximum atomic E-state index is 13.2. The zero-order valence-corrected chi connectivity index (χ0v) is 16.0. The van der Waals surface area contributed by atoms with Crippen molar-refractivity contribution in [3.05, 3.63) is 21.7 Å². The summed E-state index contributed by atoms with van der Waals surface area (Å²) >= 11 is 0. The Morgan fingerprint density at radius 2 is 1.74 bits per heavy atom. The Labute approximate surface area is 158 Å². The Morgan fingerprint density at radius 1 is 1.07 bits per heavy atom. The molecule has 27 heavy (non-hydrogen) atoms. The van der Waals surface area contributed by atoms with E-state index < -0.39 is 4.92 Å². The zero-order valence-electron chi connectivity index (χ0n) is 16.0. The smallest absolute Gasteiger partial charge is 0.327 e. The van der Waals surface area contributed by atoms with Crippen molar-refractivity contribution < 1.29 is 23.9 Å². The van der Waals surface area contributed by atoms with Gasteiger partial charge >= 0.3 is 5.69 Å². The van der Waals surface area contributed by atoms with Crippen molar-refractivity contribution in [3.63, 3.8) is 0 Å². The van der Waals surface area contributed by atoms with Gasteiger partial charge in [0.25, 0.3) is 5.91 Å². The molecule has 1 aromatic rings. The molecule has 1 aromatic carbocycles. The van der Waals surface area contributed by atoms with Crippen molar-refractivity contribution in [2.24, 2.45) is 11.8 Å². The van der Waals surface area contributed by atoms with Gasteiger partial charge in [0.1, 0.15) is 5.56 Å². The highest BCUT2D eigenvalue weighted by atomic mass is 16.6. The standard InChI is InChI=1S/C19H26N2O6/c1-25-15-10-14(16(21(23)24)18(27-3)17(15)26-2)19(22)20-9-8-12-6-4-5-7-13(12)11-20/h10,12-13H,4-9,11H2,1-3H3/t12-,13+/m1/s1. The molecule has 1 saturated heterocycles. The fourth-order valence-electron chi connectivity index (χ4n) is 4.44. The van der Waals surface area contributed by atoms with Crippen LogP contribution in [0.3, 0.4) is 0 Å². The van der Waals surface area contributed by atoms with E-state index in [0.29, 0.717) is 24.9 Å². The van der Waals surface area contributed by atoms with Crippen molar-refractivity contribution >= 4 is 11.6 Å². The van der Waals surface area contributed by atoms with E-state index in [1.807, 2.05) is 0 Å². The molecule has 0 spiro atoms. The first kappa shape index (κ1) is 19.3. The maximum Gasteiger partial charge on any atom is 0.327 e. The van der Waals surface area contributed by atoms with Gasteiger partial charge in [0.2, 0.25) is 11.5 Å². The van der Waals surface area contributed by atoms with Crippen molar-refractivity contribution in [1.29, 1.82) is 0 Å². The lowest BCUT2D eigenvalue weighted by Crippen LogP contribution is -2.44. The number of rotatable bonds is 5. The Kier molecular flexibility index (Phi) is 5.72. The lowest BCUT2D eigenvalue weighted by atomic mass is 9.75. The predicted molar refractivity (Wildman–Crippen MR) is 98.7 cm³/mol. The molecular weight excluding hydrogens is 352 g/mol. The summed E-state index contributed by atoms with van der Waals surface area (Å²) < 4.78 is 15.7. The molecule has 0 unspecified atom stereocenters. The average molecular weight is 378 g/mol. The molecule has 8 heteroatoms. The third kappa shape index (κ3) is 3.52. The molecule has 1 aliphatic carbocycles. The number of nitro groups is 1. The first-order chi connectivity index (χ1) is 13.0. The van der Waals surface area contributed by atoms with Crippen LogP contribution in [-0.2, 0) is 0 Å². The van der Waals surface area contributed by atoms with E-state index >= 15 is 0 Å². The number of nitro benzene ring substituents is 1. The van der Waals surface area contributed by atoms with Gasteiger partial charge in [-0.15, -0.1) is 0 Å². The highest BCUT2D eigenvalue weighted by Crippen LogP contribution is 2.47. The minimum atomic E-state index is -0.596. The summed E-state index contributed by atoms with van der Waals surface area (Å²) in [6.45, 7) is 1.27. The van der Waals surface area contributed by atoms with Gasteiger partial charge in [-0.1, -0.05) is 19.3 Å². The van der Waals surface area contributed by atoms with Gasteiger partial charge in [0, 0.05) is 19.2 Å². The number of fused-ring (bicyclic) bond motifs is 1. The predicted octanol–water partition coefficient (Wildman–Crippen LogP) is 3.27. The normalized spacial score (nSPS) is 22.0. The van der Waals surface area contributed by atoms with Crippen molar-refractivity contribution in [2.45, 2.75) is 32.1 Å². The van der Waals surface area contributed by atoms with Gasteiger partial charge < -0.3 is 19.1 Å². The second-order valence-corrected chi connectivity index (χ2v) is 7.14. The molecule has 148 valence electrons. The first-order valence-electron chi connectivity index (χ1n) is 9.28. The van der Waals surface area contributed by atoms with Crippen molar-refractivity contribution in [3.8, 4) is 17.2 Å². The molecule has 0 N–H and O–H groups in total. The number of ether oxygens (including phenoxy) is 3. The van der Waals surface area contributed by atoms with Gasteiger partial charge in [0.15, 0.2) is 5.75 Å². The van der Waals surface area contributed by atoms with Crippen LogP contribution in [0.2, 0.25) is 0 Å². The molecule has 2 atom stereocenters. The second kappa shape index (κ2) is 8.02. The summed E-state index contributed by atoms with van der Waals surface area (Å²) in [6.07, 6.45) is 5.73. The molecule has 2 aliphatic rings. The fraction of sp³-hybridized carbons (Fsp3) is 0.632. The first-order valence-corrected chi connectivity index (χ1v) is 9.28. The molecule has 1 heterocycles. The lowest BCUT2D eigenvalue weighted by Gasteiger charge is -2.41. The number of nitrogens with zero attached hydrogens (tertiary/aromatic N) is 2. The van der Waals surface area contributed by atoms with E-state index in [-0.39, 0.29) is 34.4 Å². The van der Waals surface area contributed by atoms with Crippen LogP contribution >= 0.6 is 0 Å². The van der Waals surface area contributed by atoms with Crippen LogP contribution < -0.4 is 14.2 Å². The van der Waals surface area contributed by atoms with Gasteiger partial charge in [-0.05, 0) is 24.7 Å². The summed E-state index contributed by atoms with van der Waals surface area (Å²) in [5.74, 6) is 1.03. The maximum absolute atomic E-state index is 13.2. The number of carbonyl (C=O) groups excluding carboxylic acids is 1. The molecule has 8 nitrogen and oxygen atoms in total. The Bertz CT molecular complexity index is 735. The minimum absolute atomic E-state index is 0.0243. The number of carbonyl (C=O) groups is 1. The summed E-state index contributed by atoms with van der Waals surface area (Å²) in [6, 6.07) is 1.38. The van der Waals surface area contributed by atoms with Crippen LogP contribution in [0.15, 0.2) is 6.07 Å². The minimum Gasteiger partial charge on any atom is -0.493 e. The van der Waals surface area contributed by atoms with E-state index in [1.165, 1.54) is 46.7 Å². The Hall–Kier alpha value is -2.51. The number of piperidine rings is 1. The van der Waals surface area contributed by atoms with Crippen molar-refractivity contribution in [2.75, 3.05) is 34.4 Å². The summed E-state index contributed by atoms with van der Waals surface area (Å²) in [5.41, 5.74) is -0.408. The molecule has 1 aliphatic heterocycles. The quantitative estimate of drug-likeness (QED) is 0.577. The van der Waals surface area contributed by atoms with Gasteiger partial charge in [-0.3, -0.25) is 14.9 Å². The monoisotopic (exact) mass is 378 g/mol. The molecule has 0 aromatic heterocycles. The number of methoxy groups -OCH3 is 3. The van der Waals surface area contributed by atoms with E-state index in [9.17, 15) is 14.9 Å². The molecule has 3 rings (SSSR count). The number of hydrogen-bond acceptors (Lipinski definition) is 6. The summed E-state index contributed by atoms with van der Waals surface area (Å²) in [7, 11) is 4.11. The molecule has 2 fully saturated rings. The fourth-order valence-corrected chi connectivity index (χ4v) is 4.44. The van der Waals surface area contributed by atoms with Crippen LogP contribution in [-0.4, -0.2) is 50.1 Å².